The largest absolute Gasteiger partial charge is 0.486 e. The number of hydrogen-bond donors (Lipinski definition) is 1. The fourth-order valence-electron chi connectivity index (χ4n) is 3.74. The molecule has 2 heterocycles. The number of ketones is 1. The fraction of sp³-hybridized carbons (Fsp3) is 0.409. The van der Waals surface area contributed by atoms with Crippen LogP contribution in [-0.4, -0.2) is 62.9 Å². The van der Waals surface area contributed by atoms with Gasteiger partial charge in [-0.05, 0) is 41.8 Å². The number of aliphatic hydroxyl groups is 1. The molecule has 1 saturated heterocycles. The van der Waals surface area contributed by atoms with Crippen molar-refractivity contribution in [2.45, 2.75) is 31.0 Å². The molecule has 1 fully saturated rings. The van der Waals surface area contributed by atoms with Gasteiger partial charge in [0.15, 0.2) is 29.7 Å². The Labute approximate surface area is 183 Å². The third-order valence-corrected chi connectivity index (χ3v) is 6.06. The second-order valence-electron chi connectivity index (χ2n) is 7.18. The molecule has 2 aliphatic rings. The average molecular weight is 479 g/mol. The predicted molar refractivity (Wildman–Crippen MR) is 111 cm³/mol. The first-order chi connectivity index (χ1) is 14.5. The number of rotatable bonds is 6. The molecule has 0 radical (unpaired) electrons. The van der Waals surface area contributed by atoms with Crippen molar-refractivity contribution in [1.82, 2.24) is 0 Å². The van der Waals surface area contributed by atoms with Crippen LogP contribution in [-0.2, 0) is 20.6 Å². The van der Waals surface area contributed by atoms with Gasteiger partial charge in [0.1, 0.15) is 25.4 Å². The minimum absolute atomic E-state index is 0.319. The number of benzene rings is 2. The number of methoxy groups -OCH3 is 2. The molecule has 0 aromatic heterocycles. The average Bonchev–Trinajstić information content (AvgIpc) is 3.10. The second kappa shape index (κ2) is 9.03. The molecule has 8 heteroatoms. The molecule has 0 amide bonds. The SMILES string of the molecule is CO[C@@H]1O[C@@H](C(=O)c2ccc(Br)c(Cc3ccc4c(c3)OCCO4)c2)[C@@H](O)[C@@H]1OC. The first-order valence-corrected chi connectivity index (χ1v) is 10.4. The van der Waals surface area contributed by atoms with Crippen LogP contribution in [0.5, 0.6) is 11.5 Å². The van der Waals surface area contributed by atoms with Crippen LogP contribution in [0.15, 0.2) is 40.9 Å². The van der Waals surface area contributed by atoms with Gasteiger partial charge in [-0.25, -0.2) is 0 Å². The summed E-state index contributed by atoms with van der Waals surface area (Å²) in [5.74, 6) is 1.14. The Morgan fingerprint density at radius 3 is 2.57 bits per heavy atom. The lowest BCUT2D eigenvalue weighted by Crippen LogP contribution is -2.38. The van der Waals surface area contributed by atoms with Crippen LogP contribution in [0, 0.1) is 0 Å². The number of carbonyl (C=O) groups is 1. The van der Waals surface area contributed by atoms with E-state index in [1.165, 1.54) is 14.2 Å². The summed E-state index contributed by atoms with van der Waals surface area (Å²) in [7, 11) is 2.89. The van der Waals surface area contributed by atoms with Gasteiger partial charge in [-0.1, -0.05) is 28.1 Å². The van der Waals surface area contributed by atoms with E-state index < -0.39 is 24.6 Å². The molecule has 1 N–H and O–H groups in total. The third kappa shape index (κ3) is 4.10. The predicted octanol–water partition coefficient (Wildman–Crippen LogP) is 2.74. The first-order valence-electron chi connectivity index (χ1n) is 9.62. The molecule has 4 atom stereocenters. The van der Waals surface area contributed by atoms with Crippen molar-refractivity contribution >= 4 is 21.7 Å². The Morgan fingerprint density at radius 2 is 1.87 bits per heavy atom. The van der Waals surface area contributed by atoms with Gasteiger partial charge in [-0.3, -0.25) is 4.79 Å². The maximum Gasteiger partial charge on any atom is 0.194 e. The van der Waals surface area contributed by atoms with Crippen LogP contribution in [0.1, 0.15) is 21.5 Å². The molecule has 7 nitrogen and oxygen atoms in total. The highest BCUT2D eigenvalue weighted by atomic mass is 79.9. The van der Waals surface area contributed by atoms with Crippen molar-refractivity contribution in [2.24, 2.45) is 0 Å². The van der Waals surface area contributed by atoms with Crippen LogP contribution >= 0.6 is 15.9 Å². The normalized spacial score (nSPS) is 25.3. The molecule has 2 aromatic carbocycles. The summed E-state index contributed by atoms with van der Waals surface area (Å²) in [5, 5.41) is 10.5. The van der Waals surface area contributed by atoms with E-state index in [-0.39, 0.29) is 5.78 Å². The zero-order valence-corrected chi connectivity index (χ0v) is 18.3. The van der Waals surface area contributed by atoms with Gasteiger partial charge >= 0.3 is 0 Å². The summed E-state index contributed by atoms with van der Waals surface area (Å²) in [6, 6.07) is 11.2. The third-order valence-electron chi connectivity index (χ3n) is 5.29. The van der Waals surface area contributed by atoms with Crippen LogP contribution in [0.2, 0.25) is 0 Å². The molecule has 0 spiro atoms. The van der Waals surface area contributed by atoms with Crippen molar-refractivity contribution in [3.63, 3.8) is 0 Å². The standard InChI is InChI=1S/C22H23BrO7/c1-26-21-19(25)20(30-22(21)27-2)18(24)13-4-5-15(23)14(11-13)9-12-3-6-16-17(10-12)29-8-7-28-16/h3-6,10-11,19-22,25H,7-9H2,1-2H3/t19-,20+,21+,22-/m1/s1. The number of hydrogen-bond acceptors (Lipinski definition) is 7. The van der Waals surface area contributed by atoms with Gasteiger partial charge in [0.2, 0.25) is 0 Å². The maximum absolute atomic E-state index is 13.0. The van der Waals surface area contributed by atoms with Gasteiger partial charge < -0.3 is 28.8 Å². The van der Waals surface area contributed by atoms with Gasteiger partial charge in [0, 0.05) is 24.3 Å². The van der Waals surface area contributed by atoms with Crippen LogP contribution < -0.4 is 9.47 Å². The molecule has 160 valence electrons. The maximum atomic E-state index is 13.0. The molecular weight excluding hydrogens is 456 g/mol. The van der Waals surface area contributed by atoms with Crippen LogP contribution in [0.25, 0.3) is 0 Å². The quantitative estimate of drug-likeness (QED) is 0.638. The Kier molecular flexibility index (Phi) is 6.40. The second-order valence-corrected chi connectivity index (χ2v) is 8.03. The highest BCUT2D eigenvalue weighted by Crippen LogP contribution is 2.33. The van der Waals surface area contributed by atoms with Crippen LogP contribution in [0.3, 0.4) is 0 Å². The monoisotopic (exact) mass is 478 g/mol. The molecule has 4 rings (SSSR count). The molecule has 0 bridgehead atoms. The van der Waals surface area contributed by atoms with E-state index in [9.17, 15) is 9.90 Å². The van der Waals surface area contributed by atoms with Crippen molar-refractivity contribution in [3.8, 4) is 11.5 Å². The minimum Gasteiger partial charge on any atom is -0.486 e. The van der Waals surface area contributed by atoms with Crippen molar-refractivity contribution < 1.29 is 33.6 Å². The van der Waals surface area contributed by atoms with Gasteiger partial charge in [-0.2, -0.15) is 0 Å². The number of Topliss-reactive ketones (excluding diaryl/α,β-unsaturated/α-hetero) is 1. The topological polar surface area (TPSA) is 83.5 Å². The van der Waals surface area contributed by atoms with Crippen molar-refractivity contribution in [2.75, 3.05) is 27.4 Å². The number of aliphatic hydroxyl groups excluding tert-OH is 1. The summed E-state index contributed by atoms with van der Waals surface area (Å²) < 4.78 is 28.1. The zero-order chi connectivity index (χ0) is 21.3. The lowest BCUT2D eigenvalue weighted by Gasteiger charge is -2.19. The molecule has 0 saturated carbocycles. The highest BCUT2D eigenvalue weighted by Gasteiger charge is 2.47. The Balaban J connectivity index is 1.55. The number of fused-ring (bicyclic) bond motifs is 1. The lowest BCUT2D eigenvalue weighted by molar-refractivity contribution is -0.150. The molecule has 0 aliphatic carbocycles. The zero-order valence-electron chi connectivity index (χ0n) is 16.7. The Hall–Kier alpha value is -1.97. The number of halogens is 1. The van der Waals surface area contributed by atoms with E-state index in [0.717, 1.165) is 27.1 Å². The molecule has 0 unspecified atom stereocenters. The first kappa shape index (κ1) is 21.3. The lowest BCUT2D eigenvalue weighted by atomic mass is 9.97. The summed E-state index contributed by atoms with van der Waals surface area (Å²) in [6.45, 7) is 1.07. The fourth-order valence-corrected chi connectivity index (χ4v) is 4.13. The van der Waals surface area contributed by atoms with E-state index in [1.807, 2.05) is 24.3 Å². The molecule has 2 aromatic rings. The number of carbonyl (C=O) groups excluding carboxylic acids is 1. The van der Waals surface area contributed by atoms with E-state index in [0.29, 0.717) is 25.2 Å². The minimum atomic E-state index is -1.11. The number of ether oxygens (including phenoxy) is 5. The summed E-state index contributed by atoms with van der Waals surface area (Å²) in [5.41, 5.74) is 2.40. The molecule has 2 aliphatic heterocycles. The Bertz CT molecular complexity index is 932. The van der Waals surface area contributed by atoms with E-state index in [2.05, 4.69) is 15.9 Å². The van der Waals surface area contributed by atoms with E-state index >= 15 is 0 Å². The van der Waals surface area contributed by atoms with Gasteiger partial charge in [-0.15, -0.1) is 0 Å². The summed E-state index contributed by atoms with van der Waals surface area (Å²) in [4.78, 5) is 13.0. The molecule has 30 heavy (non-hydrogen) atoms. The Morgan fingerprint density at radius 1 is 1.10 bits per heavy atom. The van der Waals surface area contributed by atoms with Gasteiger partial charge in [0.05, 0.1) is 0 Å². The smallest absolute Gasteiger partial charge is 0.194 e. The van der Waals surface area contributed by atoms with Gasteiger partial charge in [0.25, 0.3) is 0 Å². The van der Waals surface area contributed by atoms with Crippen molar-refractivity contribution in [3.05, 3.63) is 57.6 Å². The van der Waals surface area contributed by atoms with Crippen LogP contribution in [0.4, 0.5) is 0 Å². The van der Waals surface area contributed by atoms with E-state index in [4.69, 9.17) is 23.7 Å². The summed E-state index contributed by atoms with van der Waals surface area (Å²) in [6.07, 6.45) is -3.10. The summed E-state index contributed by atoms with van der Waals surface area (Å²) >= 11 is 3.56. The molecular formula is C22H23BrO7. The highest BCUT2D eigenvalue weighted by molar-refractivity contribution is 9.10. The van der Waals surface area contributed by atoms with Crippen molar-refractivity contribution in [1.29, 1.82) is 0 Å². The van der Waals surface area contributed by atoms with E-state index in [1.54, 1.807) is 12.1 Å².